The molecule has 0 radical (unpaired) electrons. The Morgan fingerprint density at radius 2 is 1.65 bits per heavy atom. The molecule has 0 heterocycles. The number of hydrogen-bond acceptors (Lipinski definition) is 3. The summed E-state index contributed by atoms with van der Waals surface area (Å²) in [6.45, 7) is 0. The zero-order valence-electron chi connectivity index (χ0n) is 11.7. The quantitative estimate of drug-likeness (QED) is 0.896. The molecule has 0 bridgehead atoms. The van der Waals surface area contributed by atoms with E-state index in [-0.39, 0.29) is 5.91 Å². The highest BCUT2D eigenvalue weighted by Crippen LogP contribution is 2.17. The minimum absolute atomic E-state index is 0.214. The molecule has 0 aliphatic heterocycles. The van der Waals surface area contributed by atoms with Crippen LogP contribution in [0.5, 0.6) is 0 Å². The van der Waals surface area contributed by atoms with Crippen molar-refractivity contribution < 1.29 is 4.79 Å². The van der Waals surface area contributed by atoms with Crippen LogP contribution in [0, 0.1) is 0 Å². The maximum absolute atomic E-state index is 12.1. The van der Waals surface area contributed by atoms with Crippen LogP contribution in [0.4, 0.5) is 11.4 Å². The van der Waals surface area contributed by atoms with Gasteiger partial charge in [0.25, 0.3) is 0 Å². The first-order valence-corrected chi connectivity index (χ1v) is 6.46. The van der Waals surface area contributed by atoms with Crippen LogP contribution in [-0.2, 0) is 4.79 Å². The summed E-state index contributed by atoms with van der Waals surface area (Å²) in [7, 11) is 3.94. The van der Waals surface area contributed by atoms with Crippen molar-refractivity contribution in [3.8, 4) is 0 Å². The SMILES string of the molecule is CN(C)c1ccc(NC(=O)[C@H](N)c2ccccc2)cc1. The number of hydrogen-bond donors (Lipinski definition) is 2. The fourth-order valence-electron chi connectivity index (χ4n) is 1.87. The number of carbonyl (C=O) groups excluding carboxylic acids is 1. The molecule has 0 fully saturated rings. The van der Waals surface area contributed by atoms with Gasteiger partial charge in [-0.2, -0.15) is 0 Å². The zero-order valence-corrected chi connectivity index (χ0v) is 11.7. The van der Waals surface area contributed by atoms with E-state index in [1.54, 1.807) is 0 Å². The molecule has 104 valence electrons. The Hall–Kier alpha value is -2.33. The molecule has 0 saturated carbocycles. The van der Waals surface area contributed by atoms with Crippen LogP contribution in [0.1, 0.15) is 11.6 Å². The number of nitrogens with one attached hydrogen (secondary N) is 1. The Labute approximate surface area is 119 Å². The second-order valence-corrected chi connectivity index (χ2v) is 4.82. The molecule has 0 aliphatic carbocycles. The molecule has 2 rings (SSSR count). The number of carbonyl (C=O) groups is 1. The molecule has 2 aromatic rings. The standard InChI is InChI=1S/C16H19N3O/c1-19(2)14-10-8-13(9-11-14)18-16(20)15(17)12-6-4-3-5-7-12/h3-11,15H,17H2,1-2H3,(H,18,20)/t15-/m1/s1. The average Bonchev–Trinajstić information content (AvgIpc) is 2.48. The summed E-state index contributed by atoms with van der Waals surface area (Å²) in [4.78, 5) is 14.1. The fraction of sp³-hybridized carbons (Fsp3) is 0.188. The van der Waals surface area contributed by atoms with E-state index >= 15 is 0 Å². The molecule has 0 saturated heterocycles. The van der Waals surface area contributed by atoms with Gasteiger partial charge in [-0.15, -0.1) is 0 Å². The van der Waals surface area contributed by atoms with Gasteiger partial charge in [-0.25, -0.2) is 0 Å². The number of nitrogens with zero attached hydrogens (tertiary/aromatic N) is 1. The Bertz CT molecular complexity index is 564. The first-order chi connectivity index (χ1) is 9.58. The Kier molecular flexibility index (Phi) is 4.38. The highest BCUT2D eigenvalue weighted by atomic mass is 16.2. The minimum atomic E-state index is -0.662. The van der Waals surface area contributed by atoms with Crippen LogP contribution < -0.4 is 16.0 Å². The number of nitrogens with two attached hydrogens (primary N) is 1. The molecule has 0 aromatic heterocycles. The maximum Gasteiger partial charge on any atom is 0.245 e. The van der Waals surface area contributed by atoms with Gasteiger partial charge in [0.1, 0.15) is 6.04 Å². The predicted octanol–water partition coefficient (Wildman–Crippen LogP) is 2.39. The third kappa shape index (κ3) is 3.36. The lowest BCUT2D eigenvalue weighted by molar-refractivity contribution is -0.117. The first kappa shape index (κ1) is 14.1. The second-order valence-electron chi connectivity index (χ2n) is 4.82. The van der Waals surface area contributed by atoms with Gasteiger partial charge in [-0.05, 0) is 29.8 Å². The van der Waals surface area contributed by atoms with Crippen LogP contribution in [0.15, 0.2) is 54.6 Å². The number of rotatable bonds is 4. The molecule has 4 nitrogen and oxygen atoms in total. The van der Waals surface area contributed by atoms with Gasteiger partial charge in [0.05, 0.1) is 0 Å². The smallest absolute Gasteiger partial charge is 0.245 e. The fourth-order valence-corrected chi connectivity index (χ4v) is 1.87. The van der Waals surface area contributed by atoms with Crippen molar-refractivity contribution in [3.63, 3.8) is 0 Å². The first-order valence-electron chi connectivity index (χ1n) is 6.46. The largest absolute Gasteiger partial charge is 0.378 e. The van der Waals surface area contributed by atoms with Gasteiger partial charge in [0, 0.05) is 25.5 Å². The van der Waals surface area contributed by atoms with Gasteiger partial charge in [-0.1, -0.05) is 30.3 Å². The van der Waals surface area contributed by atoms with Gasteiger partial charge in [-0.3, -0.25) is 4.79 Å². The maximum atomic E-state index is 12.1. The number of anilines is 2. The van der Waals surface area contributed by atoms with Crippen molar-refractivity contribution in [1.82, 2.24) is 0 Å². The third-order valence-corrected chi connectivity index (χ3v) is 3.09. The molecule has 0 unspecified atom stereocenters. The van der Waals surface area contributed by atoms with Gasteiger partial charge in [0.2, 0.25) is 5.91 Å². The monoisotopic (exact) mass is 269 g/mol. The van der Waals surface area contributed by atoms with Crippen LogP contribution in [0.3, 0.4) is 0 Å². The van der Waals surface area contributed by atoms with Gasteiger partial charge in [0.15, 0.2) is 0 Å². The Balaban J connectivity index is 2.04. The normalized spacial score (nSPS) is 11.8. The zero-order chi connectivity index (χ0) is 14.5. The number of benzene rings is 2. The molecule has 1 atom stereocenters. The van der Waals surface area contributed by atoms with E-state index in [0.717, 1.165) is 16.9 Å². The van der Waals surface area contributed by atoms with Crippen molar-refractivity contribution >= 4 is 17.3 Å². The lowest BCUT2D eigenvalue weighted by Crippen LogP contribution is -2.27. The molecular formula is C16H19N3O. The van der Waals surface area contributed by atoms with Crippen molar-refractivity contribution in [2.45, 2.75) is 6.04 Å². The van der Waals surface area contributed by atoms with Crippen LogP contribution in [0.2, 0.25) is 0 Å². The van der Waals surface area contributed by atoms with Crippen LogP contribution >= 0.6 is 0 Å². The van der Waals surface area contributed by atoms with E-state index in [1.165, 1.54) is 0 Å². The topological polar surface area (TPSA) is 58.4 Å². The highest BCUT2D eigenvalue weighted by molar-refractivity contribution is 5.95. The van der Waals surface area contributed by atoms with E-state index in [2.05, 4.69) is 5.32 Å². The summed E-state index contributed by atoms with van der Waals surface area (Å²) in [5.41, 5.74) is 8.57. The summed E-state index contributed by atoms with van der Waals surface area (Å²) >= 11 is 0. The predicted molar refractivity (Wildman–Crippen MR) is 82.8 cm³/mol. The minimum Gasteiger partial charge on any atom is -0.378 e. The van der Waals surface area contributed by atoms with E-state index in [4.69, 9.17) is 5.73 Å². The average molecular weight is 269 g/mol. The lowest BCUT2D eigenvalue weighted by atomic mass is 10.1. The summed E-state index contributed by atoms with van der Waals surface area (Å²) in [5, 5.41) is 2.82. The Morgan fingerprint density at radius 3 is 2.20 bits per heavy atom. The third-order valence-electron chi connectivity index (χ3n) is 3.09. The summed E-state index contributed by atoms with van der Waals surface area (Å²) in [6.07, 6.45) is 0. The van der Waals surface area contributed by atoms with Crippen molar-refractivity contribution in [3.05, 3.63) is 60.2 Å². The molecular weight excluding hydrogens is 250 g/mol. The van der Waals surface area contributed by atoms with Gasteiger partial charge >= 0.3 is 0 Å². The molecule has 20 heavy (non-hydrogen) atoms. The highest BCUT2D eigenvalue weighted by Gasteiger charge is 2.15. The summed E-state index contributed by atoms with van der Waals surface area (Å²) in [6, 6.07) is 16.3. The van der Waals surface area contributed by atoms with Crippen LogP contribution in [-0.4, -0.2) is 20.0 Å². The van der Waals surface area contributed by atoms with Crippen molar-refractivity contribution in [1.29, 1.82) is 0 Å². The summed E-state index contributed by atoms with van der Waals surface area (Å²) in [5.74, 6) is -0.214. The summed E-state index contributed by atoms with van der Waals surface area (Å²) < 4.78 is 0. The van der Waals surface area contributed by atoms with Crippen molar-refractivity contribution in [2.75, 3.05) is 24.3 Å². The molecule has 0 aliphatic rings. The number of amides is 1. The van der Waals surface area contributed by atoms with Crippen molar-refractivity contribution in [2.24, 2.45) is 5.73 Å². The molecule has 1 amide bonds. The lowest BCUT2D eigenvalue weighted by Gasteiger charge is -2.15. The molecule has 4 heteroatoms. The molecule has 2 aromatic carbocycles. The van der Waals surface area contributed by atoms with E-state index < -0.39 is 6.04 Å². The van der Waals surface area contributed by atoms with E-state index in [9.17, 15) is 4.79 Å². The van der Waals surface area contributed by atoms with Gasteiger partial charge < -0.3 is 16.0 Å². The van der Waals surface area contributed by atoms with Crippen LogP contribution in [0.25, 0.3) is 0 Å². The second kappa shape index (κ2) is 6.21. The van der Waals surface area contributed by atoms with E-state index in [1.807, 2.05) is 73.6 Å². The Morgan fingerprint density at radius 1 is 1.05 bits per heavy atom. The van der Waals surface area contributed by atoms with E-state index in [0.29, 0.717) is 0 Å². The molecule has 0 spiro atoms. The molecule has 3 N–H and O–H groups in total.